The van der Waals surface area contributed by atoms with Crippen LogP contribution in [-0.2, 0) is 16.0 Å². The van der Waals surface area contributed by atoms with E-state index in [0.29, 0.717) is 32.5 Å². The molecule has 4 heterocycles. The number of carbonyl (C=O) groups excluding carboxylic acids is 2. The van der Waals surface area contributed by atoms with E-state index < -0.39 is 0 Å². The lowest BCUT2D eigenvalue weighted by atomic mass is 10.1. The molecule has 2 amide bonds. The van der Waals surface area contributed by atoms with Crippen LogP contribution >= 0.6 is 0 Å². The number of carbonyl (C=O) groups is 2. The van der Waals surface area contributed by atoms with Crippen molar-refractivity contribution in [1.82, 2.24) is 29.3 Å². The number of hydrogen-bond acceptors (Lipinski definition) is 5. The fourth-order valence-electron chi connectivity index (χ4n) is 5.32. The fraction of sp³-hybridized carbons (Fsp3) is 0.538. The van der Waals surface area contributed by atoms with Gasteiger partial charge >= 0.3 is 0 Å². The molecular formula is C26H34N6O2. The SMILES string of the molecule is Cc1nc2c3ccccc3nn2c(C)c1CCC(=O)N1CCN(CC(=O)N2CCCCC2)CC1. The summed E-state index contributed by atoms with van der Waals surface area (Å²) in [5.74, 6) is 0.408. The van der Waals surface area contributed by atoms with Crippen LogP contribution in [0.3, 0.4) is 0 Å². The summed E-state index contributed by atoms with van der Waals surface area (Å²) < 4.78 is 1.91. The molecular weight excluding hydrogens is 428 g/mol. The first-order valence-corrected chi connectivity index (χ1v) is 12.5. The normalized spacial score (nSPS) is 17.6. The van der Waals surface area contributed by atoms with E-state index in [9.17, 15) is 9.59 Å². The first-order chi connectivity index (χ1) is 16.5. The molecule has 0 spiro atoms. The third-order valence-corrected chi connectivity index (χ3v) is 7.40. The number of aryl methyl sites for hydroxylation is 2. The number of rotatable bonds is 5. The van der Waals surface area contributed by atoms with Gasteiger partial charge < -0.3 is 9.80 Å². The van der Waals surface area contributed by atoms with Crippen LogP contribution < -0.4 is 0 Å². The highest BCUT2D eigenvalue weighted by Gasteiger charge is 2.25. The summed E-state index contributed by atoms with van der Waals surface area (Å²) in [6.07, 6.45) is 4.58. The van der Waals surface area contributed by atoms with E-state index in [-0.39, 0.29) is 11.8 Å². The third kappa shape index (κ3) is 4.51. The fourth-order valence-corrected chi connectivity index (χ4v) is 5.32. The molecule has 0 N–H and O–H groups in total. The molecule has 34 heavy (non-hydrogen) atoms. The van der Waals surface area contributed by atoms with E-state index in [1.165, 1.54) is 6.42 Å². The molecule has 2 saturated heterocycles. The minimum Gasteiger partial charge on any atom is -0.342 e. The average Bonchev–Trinajstić information content (AvgIpc) is 3.23. The maximum absolute atomic E-state index is 13.0. The summed E-state index contributed by atoms with van der Waals surface area (Å²) in [5.41, 5.74) is 4.91. The Morgan fingerprint density at radius 2 is 1.59 bits per heavy atom. The second-order valence-corrected chi connectivity index (χ2v) is 9.61. The molecule has 0 radical (unpaired) electrons. The highest BCUT2D eigenvalue weighted by atomic mass is 16.2. The number of piperidine rings is 1. The summed E-state index contributed by atoms with van der Waals surface area (Å²) in [5, 5.41) is 5.77. The quantitative estimate of drug-likeness (QED) is 0.583. The van der Waals surface area contributed by atoms with Crippen LogP contribution in [0, 0.1) is 13.8 Å². The third-order valence-electron chi connectivity index (χ3n) is 7.40. The summed E-state index contributed by atoms with van der Waals surface area (Å²) in [6.45, 7) is 9.24. The zero-order chi connectivity index (χ0) is 23.7. The molecule has 2 aliphatic heterocycles. The predicted octanol–water partition coefficient (Wildman–Crippen LogP) is 2.59. The van der Waals surface area contributed by atoms with Gasteiger partial charge in [0, 0.05) is 62.5 Å². The van der Waals surface area contributed by atoms with Gasteiger partial charge in [0.2, 0.25) is 11.8 Å². The van der Waals surface area contributed by atoms with Gasteiger partial charge in [0.25, 0.3) is 0 Å². The molecule has 0 unspecified atom stereocenters. The van der Waals surface area contributed by atoms with Gasteiger partial charge in [-0.3, -0.25) is 14.5 Å². The van der Waals surface area contributed by atoms with E-state index in [4.69, 9.17) is 10.1 Å². The molecule has 2 aliphatic rings. The van der Waals surface area contributed by atoms with Crippen LogP contribution in [-0.4, -0.2) is 86.9 Å². The molecule has 2 fully saturated rings. The van der Waals surface area contributed by atoms with Crippen molar-refractivity contribution < 1.29 is 9.59 Å². The highest BCUT2D eigenvalue weighted by Crippen LogP contribution is 2.23. The van der Waals surface area contributed by atoms with Crippen LogP contribution in [0.25, 0.3) is 16.6 Å². The molecule has 1 aromatic carbocycles. The van der Waals surface area contributed by atoms with E-state index in [2.05, 4.69) is 11.8 Å². The molecule has 2 aromatic heterocycles. The van der Waals surface area contributed by atoms with Gasteiger partial charge in [-0.15, -0.1) is 0 Å². The zero-order valence-corrected chi connectivity index (χ0v) is 20.3. The van der Waals surface area contributed by atoms with Crippen LogP contribution in [0.15, 0.2) is 24.3 Å². The lowest BCUT2D eigenvalue weighted by Crippen LogP contribution is -2.52. The number of hydrogen-bond donors (Lipinski definition) is 0. The Bertz CT molecular complexity index is 1200. The molecule has 0 bridgehead atoms. The molecule has 3 aromatic rings. The Balaban J connectivity index is 1.17. The Kier molecular flexibility index (Phi) is 6.50. The van der Waals surface area contributed by atoms with Crippen molar-refractivity contribution in [3.63, 3.8) is 0 Å². The lowest BCUT2D eigenvalue weighted by molar-refractivity contribution is -0.135. The van der Waals surface area contributed by atoms with Gasteiger partial charge in [0.05, 0.1) is 12.1 Å². The maximum Gasteiger partial charge on any atom is 0.236 e. The topological polar surface area (TPSA) is 74.0 Å². The van der Waals surface area contributed by atoms with Crippen molar-refractivity contribution in [3.05, 3.63) is 41.2 Å². The average molecular weight is 463 g/mol. The van der Waals surface area contributed by atoms with Crippen LogP contribution in [0.1, 0.15) is 42.6 Å². The minimum absolute atomic E-state index is 0.173. The van der Waals surface area contributed by atoms with Gasteiger partial charge in [-0.05, 0) is 57.2 Å². The number of piperazine rings is 1. The predicted molar refractivity (Wildman–Crippen MR) is 132 cm³/mol. The molecule has 8 nitrogen and oxygen atoms in total. The number of likely N-dealkylation sites (tertiary alicyclic amines) is 1. The van der Waals surface area contributed by atoms with Crippen LogP contribution in [0.5, 0.6) is 0 Å². The van der Waals surface area contributed by atoms with Gasteiger partial charge in [-0.25, -0.2) is 9.50 Å². The largest absolute Gasteiger partial charge is 0.342 e. The van der Waals surface area contributed by atoms with Crippen molar-refractivity contribution in [2.45, 2.75) is 46.0 Å². The van der Waals surface area contributed by atoms with E-state index in [1.54, 1.807) is 0 Å². The minimum atomic E-state index is 0.173. The van der Waals surface area contributed by atoms with Crippen LogP contribution in [0.2, 0.25) is 0 Å². The van der Waals surface area contributed by atoms with E-state index in [0.717, 1.165) is 72.5 Å². The number of amides is 2. The number of benzene rings is 1. The van der Waals surface area contributed by atoms with E-state index in [1.807, 2.05) is 45.5 Å². The first-order valence-electron chi connectivity index (χ1n) is 12.5. The molecule has 0 atom stereocenters. The molecule has 180 valence electrons. The van der Waals surface area contributed by atoms with Gasteiger partial charge in [0.15, 0.2) is 5.65 Å². The van der Waals surface area contributed by atoms with Crippen molar-refractivity contribution in [2.24, 2.45) is 0 Å². The second kappa shape index (κ2) is 9.70. The van der Waals surface area contributed by atoms with E-state index >= 15 is 0 Å². The number of aromatic nitrogens is 3. The smallest absolute Gasteiger partial charge is 0.236 e. The van der Waals surface area contributed by atoms with Crippen molar-refractivity contribution in [2.75, 3.05) is 45.8 Å². The maximum atomic E-state index is 13.0. The zero-order valence-electron chi connectivity index (χ0n) is 20.3. The Morgan fingerprint density at radius 3 is 2.35 bits per heavy atom. The van der Waals surface area contributed by atoms with Gasteiger partial charge in [-0.1, -0.05) is 12.1 Å². The molecule has 0 aliphatic carbocycles. The summed E-state index contributed by atoms with van der Waals surface area (Å²) in [7, 11) is 0. The van der Waals surface area contributed by atoms with Gasteiger partial charge in [0.1, 0.15) is 0 Å². The number of nitrogens with zero attached hydrogens (tertiary/aromatic N) is 6. The molecule has 0 saturated carbocycles. The number of fused-ring (bicyclic) bond motifs is 3. The lowest BCUT2D eigenvalue weighted by Gasteiger charge is -2.36. The first kappa shape index (κ1) is 22.8. The Hall–Kier alpha value is -3.00. The Morgan fingerprint density at radius 1 is 0.882 bits per heavy atom. The molecule has 5 rings (SSSR count). The Labute approximate surface area is 200 Å². The summed E-state index contributed by atoms with van der Waals surface area (Å²) >= 11 is 0. The summed E-state index contributed by atoms with van der Waals surface area (Å²) in [6, 6.07) is 8.04. The monoisotopic (exact) mass is 462 g/mol. The molecule has 8 heteroatoms. The van der Waals surface area contributed by atoms with Crippen molar-refractivity contribution in [3.8, 4) is 0 Å². The second-order valence-electron chi connectivity index (χ2n) is 9.61. The van der Waals surface area contributed by atoms with Crippen LogP contribution in [0.4, 0.5) is 0 Å². The van der Waals surface area contributed by atoms with Crippen molar-refractivity contribution >= 4 is 28.4 Å². The highest BCUT2D eigenvalue weighted by molar-refractivity contribution is 5.92. The summed E-state index contributed by atoms with van der Waals surface area (Å²) in [4.78, 5) is 36.5. The van der Waals surface area contributed by atoms with Gasteiger partial charge in [-0.2, -0.15) is 5.10 Å². The van der Waals surface area contributed by atoms with Crippen molar-refractivity contribution in [1.29, 1.82) is 0 Å². The standard InChI is InChI=1S/C26H34N6O2/c1-19-21(20(2)32-26(27-19)22-8-4-5-9-23(22)28-32)10-11-24(33)31-16-14-29(15-17-31)18-25(34)30-12-6-3-7-13-30/h4-5,8-9H,3,6-7,10-18H2,1-2H3.